The van der Waals surface area contributed by atoms with Crippen LogP contribution in [-0.4, -0.2) is 54.4 Å². The highest BCUT2D eigenvalue weighted by Crippen LogP contribution is 2.24. The Kier molecular flexibility index (Phi) is 4.86. The molecule has 2 saturated heterocycles. The summed E-state index contributed by atoms with van der Waals surface area (Å²) in [6.07, 6.45) is 4.15. The molecule has 0 aliphatic carbocycles. The number of hydrogen-bond donors (Lipinski definition) is 0. The predicted octanol–water partition coefficient (Wildman–Crippen LogP) is 2.57. The molecule has 2 aromatic rings. The largest absolute Gasteiger partial charge is 0.366 e. The number of piperidine rings is 1. The summed E-state index contributed by atoms with van der Waals surface area (Å²) < 4.78 is 14.0. The maximum absolute atomic E-state index is 14.0. The van der Waals surface area contributed by atoms with E-state index in [0.717, 1.165) is 51.0 Å². The molecule has 4 rings (SSSR count). The van der Waals surface area contributed by atoms with E-state index in [4.69, 9.17) is 4.98 Å². The number of rotatable bonds is 3. The van der Waals surface area contributed by atoms with Gasteiger partial charge in [-0.05, 0) is 30.9 Å². The summed E-state index contributed by atoms with van der Waals surface area (Å²) >= 11 is 0. The molecule has 2 aliphatic heterocycles. The van der Waals surface area contributed by atoms with E-state index in [1.807, 2.05) is 12.1 Å². The fourth-order valence-electron chi connectivity index (χ4n) is 3.67. The summed E-state index contributed by atoms with van der Waals surface area (Å²) in [6, 6.07) is 6.95. The molecular weight excluding hydrogens is 331 g/mol. The lowest BCUT2D eigenvalue weighted by Gasteiger charge is -2.36. The average molecular weight is 356 g/mol. The van der Waals surface area contributed by atoms with Gasteiger partial charge in [0.1, 0.15) is 5.82 Å². The van der Waals surface area contributed by atoms with Crippen LogP contribution in [0, 0.1) is 11.7 Å². The summed E-state index contributed by atoms with van der Waals surface area (Å²) in [7, 11) is 0. The molecule has 0 spiro atoms. The first-order valence-corrected chi connectivity index (χ1v) is 9.40. The van der Waals surface area contributed by atoms with Crippen LogP contribution < -0.4 is 14.7 Å². The first-order valence-electron chi connectivity index (χ1n) is 9.40. The molecule has 0 atom stereocenters. The van der Waals surface area contributed by atoms with E-state index in [9.17, 15) is 4.39 Å². The van der Waals surface area contributed by atoms with Crippen LogP contribution in [-0.2, 0) is 0 Å². The standard InChI is InChI=1S/C19H25FN6/c1-15-6-8-25(9-7-15)18-14-21-23-19(22-18)26-12-10-24(11-13-26)17-5-3-2-4-16(17)20/h2-5,14-15H,6-13H2,1H3. The fourth-order valence-corrected chi connectivity index (χ4v) is 3.67. The summed E-state index contributed by atoms with van der Waals surface area (Å²) in [4.78, 5) is 11.3. The molecule has 0 saturated carbocycles. The van der Waals surface area contributed by atoms with E-state index in [-0.39, 0.29) is 5.82 Å². The normalized spacial score (nSPS) is 19.1. The van der Waals surface area contributed by atoms with Gasteiger partial charge < -0.3 is 14.7 Å². The highest BCUT2D eigenvalue weighted by Gasteiger charge is 2.23. The maximum atomic E-state index is 14.0. The zero-order valence-electron chi connectivity index (χ0n) is 15.2. The van der Waals surface area contributed by atoms with Crippen molar-refractivity contribution in [2.24, 2.45) is 5.92 Å². The maximum Gasteiger partial charge on any atom is 0.247 e. The molecule has 6 nitrogen and oxygen atoms in total. The van der Waals surface area contributed by atoms with Gasteiger partial charge in [0.15, 0.2) is 5.82 Å². The number of halogens is 1. The van der Waals surface area contributed by atoms with Gasteiger partial charge in [0.05, 0.1) is 11.9 Å². The Morgan fingerprint density at radius 2 is 1.62 bits per heavy atom. The Bertz CT molecular complexity index is 738. The molecule has 0 amide bonds. The lowest BCUT2D eigenvalue weighted by molar-refractivity contribution is 0.436. The van der Waals surface area contributed by atoms with Crippen molar-refractivity contribution in [1.29, 1.82) is 0 Å². The Morgan fingerprint density at radius 1 is 0.923 bits per heavy atom. The number of piperazine rings is 1. The van der Waals surface area contributed by atoms with Gasteiger partial charge >= 0.3 is 0 Å². The van der Waals surface area contributed by atoms with Crippen LogP contribution in [0.4, 0.5) is 21.8 Å². The van der Waals surface area contributed by atoms with E-state index in [0.29, 0.717) is 11.6 Å². The van der Waals surface area contributed by atoms with E-state index in [1.54, 1.807) is 12.3 Å². The molecule has 2 aliphatic rings. The van der Waals surface area contributed by atoms with Crippen molar-refractivity contribution in [3.63, 3.8) is 0 Å². The van der Waals surface area contributed by atoms with Gasteiger partial charge in [-0.15, -0.1) is 5.10 Å². The zero-order chi connectivity index (χ0) is 17.9. The Hall–Kier alpha value is -2.44. The molecule has 1 aromatic heterocycles. The minimum Gasteiger partial charge on any atom is -0.366 e. The van der Waals surface area contributed by atoms with Crippen LogP contribution in [0.25, 0.3) is 0 Å². The molecule has 3 heterocycles. The summed E-state index contributed by atoms with van der Waals surface area (Å²) in [5.41, 5.74) is 0.669. The van der Waals surface area contributed by atoms with Crippen LogP contribution in [0.1, 0.15) is 19.8 Å². The highest BCUT2D eigenvalue weighted by molar-refractivity contribution is 5.50. The van der Waals surface area contributed by atoms with Crippen LogP contribution >= 0.6 is 0 Å². The van der Waals surface area contributed by atoms with Crippen molar-refractivity contribution >= 4 is 17.5 Å². The minimum absolute atomic E-state index is 0.166. The Morgan fingerprint density at radius 3 is 2.35 bits per heavy atom. The first kappa shape index (κ1) is 17.0. The average Bonchev–Trinajstić information content (AvgIpc) is 2.69. The van der Waals surface area contributed by atoms with Gasteiger partial charge in [0.25, 0.3) is 0 Å². The molecule has 1 aromatic carbocycles. The van der Waals surface area contributed by atoms with Gasteiger partial charge in [0, 0.05) is 39.3 Å². The second kappa shape index (κ2) is 7.43. The van der Waals surface area contributed by atoms with Crippen molar-refractivity contribution in [1.82, 2.24) is 15.2 Å². The van der Waals surface area contributed by atoms with Crippen molar-refractivity contribution in [2.75, 3.05) is 54.0 Å². The third kappa shape index (κ3) is 3.57. The summed E-state index contributed by atoms with van der Waals surface area (Å²) in [5.74, 6) is 2.21. The minimum atomic E-state index is -0.166. The van der Waals surface area contributed by atoms with Gasteiger partial charge in [0.2, 0.25) is 5.95 Å². The number of aromatic nitrogens is 3. The predicted molar refractivity (Wildman–Crippen MR) is 101 cm³/mol. The molecule has 26 heavy (non-hydrogen) atoms. The van der Waals surface area contributed by atoms with Gasteiger partial charge in [-0.25, -0.2) is 4.39 Å². The lowest BCUT2D eigenvalue weighted by Crippen LogP contribution is -2.47. The molecular formula is C19H25FN6. The molecule has 0 bridgehead atoms. The van der Waals surface area contributed by atoms with E-state index >= 15 is 0 Å². The topological polar surface area (TPSA) is 48.4 Å². The van der Waals surface area contributed by atoms with Crippen LogP contribution in [0.2, 0.25) is 0 Å². The zero-order valence-corrected chi connectivity index (χ0v) is 15.2. The second-order valence-corrected chi connectivity index (χ2v) is 7.21. The van der Waals surface area contributed by atoms with Crippen molar-refractivity contribution in [3.05, 3.63) is 36.3 Å². The molecule has 0 unspecified atom stereocenters. The van der Waals surface area contributed by atoms with Crippen LogP contribution in [0.3, 0.4) is 0 Å². The molecule has 0 N–H and O–H groups in total. The Balaban J connectivity index is 1.42. The fraction of sp³-hybridized carbons (Fsp3) is 0.526. The van der Waals surface area contributed by atoms with E-state index in [1.165, 1.54) is 18.9 Å². The monoisotopic (exact) mass is 356 g/mol. The van der Waals surface area contributed by atoms with Gasteiger partial charge in [-0.1, -0.05) is 19.1 Å². The number of anilines is 3. The number of nitrogens with zero attached hydrogens (tertiary/aromatic N) is 6. The lowest BCUT2D eigenvalue weighted by atomic mass is 9.99. The second-order valence-electron chi connectivity index (χ2n) is 7.21. The van der Waals surface area contributed by atoms with E-state index in [2.05, 4.69) is 31.8 Å². The highest BCUT2D eigenvalue weighted by atomic mass is 19.1. The summed E-state index contributed by atoms with van der Waals surface area (Å²) in [5, 5.41) is 8.41. The molecule has 0 radical (unpaired) electrons. The van der Waals surface area contributed by atoms with Gasteiger partial charge in [-0.3, -0.25) is 0 Å². The first-order chi connectivity index (χ1) is 12.7. The number of hydrogen-bond acceptors (Lipinski definition) is 6. The molecule has 138 valence electrons. The van der Waals surface area contributed by atoms with Crippen molar-refractivity contribution in [3.8, 4) is 0 Å². The van der Waals surface area contributed by atoms with Crippen LogP contribution in [0.15, 0.2) is 30.5 Å². The number of para-hydroxylation sites is 1. The summed E-state index contributed by atoms with van der Waals surface area (Å²) in [6.45, 7) is 7.37. The third-order valence-electron chi connectivity index (χ3n) is 5.40. The Labute approximate surface area is 153 Å². The van der Waals surface area contributed by atoms with Crippen molar-refractivity contribution in [2.45, 2.75) is 19.8 Å². The SMILES string of the molecule is CC1CCN(c2cnnc(N3CCN(c4ccccc4F)CC3)n2)CC1. The van der Waals surface area contributed by atoms with Crippen LogP contribution in [0.5, 0.6) is 0 Å². The van der Waals surface area contributed by atoms with Gasteiger partial charge in [-0.2, -0.15) is 10.1 Å². The number of benzene rings is 1. The molecule has 2 fully saturated rings. The smallest absolute Gasteiger partial charge is 0.247 e. The molecule has 7 heteroatoms. The van der Waals surface area contributed by atoms with Crippen molar-refractivity contribution < 1.29 is 4.39 Å². The third-order valence-corrected chi connectivity index (χ3v) is 5.40. The van der Waals surface area contributed by atoms with E-state index < -0.39 is 0 Å². The quantitative estimate of drug-likeness (QED) is 0.842.